The number of oxazole rings is 1. The molecule has 2 aliphatic rings. The molecule has 0 unspecified atom stereocenters. The fraction of sp³-hybridized carbons (Fsp3) is 0.250. The zero-order valence-corrected chi connectivity index (χ0v) is 19.1. The molecule has 0 radical (unpaired) electrons. The molecule has 0 saturated carbocycles. The van der Waals surface area contributed by atoms with Gasteiger partial charge in [0.15, 0.2) is 0 Å². The van der Waals surface area contributed by atoms with Crippen molar-refractivity contribution in [2.45, 2.75) is 25.5 Å². The van der Waals surface area contributed by atoms with Crippen molar-refractivity contribution in [2.24, 2.45) is 5.92 Å². The Morgan fingerprint density at radius 1 is 1.00 bits per heavy atom. The van der Waals surface area contributed by atoms with Crippen LogP contribution in [-0.2, 0) is 13.2 Å². The van der Waals surface area contributed by atoms with Gasteiger partial charge in [0.2, 0.25) is 17.5 Å². The number of ether oxygens (including phenoxy) is 1. The van der Waals surface area contributed by atoms with Crippen LogP contribution in [0.5, 0.6) is 5.75 Å². The maximum Gasteiger partial charge on any atom is 0.250 e. The van der Waals surface area contributed by atoms with Gasteiger partial charge in [-0.05, 0) is 48.2 Å². The molecule has 2 aliphatic heterocycles. The number of rotatable bonds is 5. The Labute approximate surface area is 202 Å². The minimum Gasteiger partial charge on any atom is -0.489 e. The molecule has 6 rings (SSSR count). The summed E-state index contributed by atoms with van der Waals surface area (Å²) in [7, 11) is 0. The van der Waals surface area contributed by atoms with Crippen molar-refractivity contribution < 1.29 is 9.15 Å². The summed E-state index contributed by atoms with van der Waals surface area (Å²) in [6.07, 6.45) is 1.03. The summed E-state index contributed by atoms with van der Waals surface area (Å²) in [5.74, 6) is 2.22. The van der Waals surface area contributed by atoms with E-state index < -0.39 is 0 Å². The van der Waals surface area contributed by atoms with Crippen molar-refractivity contribution in [3.8, 4) is 23.3 Å². The van der Waals surface area contributed by atoms with Gasteiger partial charge in [0, 0.05) is 42.9 Å². The number of nitriles is 1. The topological polar surface area (TPSA) is 84.3 Å². The van der Waals surface area contributed by atoms with Gasteiger partial charge in [0.05, 0.1) is 0 Å². The Balaban J connectivity index is 1.22. The van der Waals surface area contributed by atoms with Crippen molar-refractivity contribution in [3.05, 3.63) is 100 Å². The molecule has 1 fully saturated rings. The number of pyridine rings is 1. The molecule has 1 saturated heterocycles. The lowest BCUT2D eigenvalue weighted by Crippen LogP contribution is -2.47. The number of hydrogen-bond donors (Lipinski definition) is 0. The molecular formula is C28H24N4O3. The molecule has 7 nitrogen and oxygen atoms in total. The smallest absolute Gasteiger partial charge is 0.250 e. The van der Waals surface area contributed by atoms with Crippen molar-refractivity contribution in [1.82, 2.24) is 9.55 Å². The molecule has 2 atom stereocenters. The lowest BCUT2D eigenvalue weighted by molar-refractivity contribution is 0.275. The Kier molecular flexibility index (Phi) is 5.34. The van der Waals surface area contributed by atoms with Gasteiger partial charge in [-0.25, -0.2) is 0 Å². The Bertz CT molecular complexity index is 1450. The second-order valence-corrected chi connectivity index (χ2v) is 9.19. The number of benzene rings is 2. The van der Waals surface area contributed by atoms with E-state index in [0.29, 0.717) is 37.4 Å². The highest BCUT2D eigenvalue weighted by molar-refractivity contribution is 5.60. The highest BCUT2D eigenvalue weighted by Gasteiger charge is 2.36. The summed E-state index contributed by atoms with van der Waals surface area (Å²) in [6, 6.07) is 25.2. The molecule has 2 aromatic carbocycles. The Morgan fingerprint density at radius 3 is 2.63 bits per heavy atom. The van der Waals surface area contributed by atoms with Gasteiger partial charge in [0.25, 0.3) is 5.56 Å². The molecule has 0 aliphatic carbocycles. The number of anilines is 1. The molecule has 0 spiro atoms. The molecule has 2 bridgehead atoms. The summed E-state index contributed by atoms with van der Waals surface area (Å²) >= 11 is 0. The molecule has 35 heavy (non-hydrogen) atoms. The van der Waals surface area contributed by atoms with Crippen LogP contribution in [0, 0.1) is 17.2 Å². The third-order valence-electron chi connectivity index (χ3n) is 6.83. The Morgan fingerprint density at radius 2 is 1.83 bits per heavy atom. The highest BCUT2D eigenvalue weighted by atomic mass is 16.5. The second kappa shape index (κ2) is 8.80. The van der Waals surface area contributed by atoms with Crippen molar-refractivity contribution in [3.63, 3.8) is 0 Å². The standard InChI is InChI=1S/C28H24N4O3/c29-14-24-28(31-15-20-13-22(17-31)25-7-4-8-26(33)32(25)16-20)35-27(30-24)21-9-11-23(12-10-21)34-18-19-5-2-1-3-6-19/h1-12,20,22H,13,15-18H2/t20-,22+/m1/s1. The summed E-state index contributed by atoms with van der Waals surface area (Å²) in [5, 5.41) is 9.76. The lowest BCUT2D eigenvalue weighted by Gasteiger charge is -2.42. The minimum atomic E-state index is 0.0570. The number of nitrogens with zero attached hydrogens (tertiary/aromatic N) is 4. The van der Waals surface area contributed by atoms with Crippen molar-refractivity contribution >= 4 is 5.88 Å². The van der Waals surface area contributed by atoms with Crippen LogP contribution in [0.2, 0.25) is 0 Å². The first-order valence-corrected chi connectivity index (χ1v) is 11.8. The predicted octanol–water partition coefficient (Wildman–Crippen LogP) is 4.58. The number of fused-ring (bicyclic) bond motifs is 4. The molecule has 4 aromatic rings. The average Bonchev–Trinajstić information content (AvgIpc) is 3.34. The highest BCUT2D eigenvalue weighted by Crippen LogP contribution is 2.39. The van der Waals surface area contributed by atoms with Gasteiger partial charge in [-0.15, -0.1) is 0 Å². The second-order valence-electron chi connectivity index (χ2n) is 9.19. The molecule has 7 heteroatoms. The van der Waals surface area contributed by atoms with Crippen LogP contribution in [0.3, 0.4) is 0 Å². The van der Waals surface area contributed by atoms with Gasteiger partial charge in [0.1, 0.15) is 18.4 Å². The van der Waals surface area contributed by atoms with E-state index in [2.05, 4.69) is 16.0 Å². The van der Waals surface area contributed by atoms with Crippen LogP contribution in [0.25, 0.3) is 11.5 Å². The van der Waals surface area contributed by atoms with Crippen LogP contribution in [-0.4, -0.2) is 22.6 Å². The maximum atomic E-state index is 12.3. The molecule has 4 heterocycles. The number of aromatic nitrogens is 2. The first-order chi connectivity index (χ1) is 17.2. The van der Waals surface area contributed by atoms with E-state index in [9.17, 15) is 10.1 Å². The van der Waals surface area contributed by atoms with Crippen LogP contribution in [0.1, 0.15) is 29.3 Å². The number of piperidine rings is 1. The summed E-state index contributed by atoms with van der Waals surface area (Å²) in [5.41, 5.74) is 3.29. The monoisotopic (exact) mass is 464 g/mol. The SMILES string of the molecule is N#Cc1nc(-c2ccc(OCc3ccccc3)cc2)oc1N1C[C@H]2C[C@@H](C1)c1cccc(=O)n1C2. The summed E-state index contributed by atoms with van der Waals surface area (Å²) in [6.45, 7) is 2.60. The van der Waals surface area contributed by atoms with Crippen LogP contribution in [0.4, 0.5) is 5.88 Å². The van der Waals surface area contributed by atoms with Crippen LogP contribution >= 0.6 is 0 Å². The predicted molar refractivity (Wildman–Crippen MR) is 131 cm³/mol. The van der Waals surface area contributed by atoms with E-state index in [4.69, 9.17) is 9.15 Å². The Hall–Kier alpha value is -4.31. The third-order valence-corrected chi connectivity index (χ3v) is 6.83. The fourth-order valence-electron chi connectivity index (χ4n) is 5.22. The van der Waals surface area contributed by atoms with Crippen LogP contribution < -0.4 is 15.2 Å². The van der Waals surface area contributed by atoms with Gasteiger partial charge >= 0.3 is 0 Å². The van der Waals surface area contributed by atoms with E-state index in [1.807, 2.05) is 71.3 Å². The zero-order chi connectivity index (χ0) is 23.8. The summed E-state index contributed by atoms with van der Waals surface area (Å²) < 4.78 is 13.9. The third kappa shape index (κ3) is 4.08. The van der Waals surface area contributed by atoms with Crippen molar-refractivity contribution in [2.75, 3.05) is 18.0 Å². The van der Waals surface area contributed by atoms with E-state index in [-0.39, 0.29) is 17.2 Å². The van der Waals surface area contributed by atoms with Crippen LogP contribution in [0.15, 0.2) is 82.0 Å². The average molecular weight is 465 g/mol. The van der Waals surface area contributed by atoms with E-state index >= 15 is 0 Å². The maximum absolute atomic E-state index is 12.3. The summed E-state index contributed by atoms with van der Waals surface area (Å²) in [4.78, 5) is 18.9. The molecular weight excluding hydrogens is 440 g/mol. The van der Waals surface area contributed by atoms with E-state index in [1.54, 1.807) is 6.07 Å². The molecule has 0 N–H and O–H groups in total. The molecule has 174 valence electrons. The first-order valence-electron chi connectivity index (χ1n) is 11.8. The largest absolute Gasteiger partial charge is 0.489 e. The fourth-order valence-corrected chi connectivity index (χ4v) is 5.22. The van der Waals surface area contributed by atoms with Crippen molar-refractivity contribution in [1.29, 1.82) is 5.26 Å². The van der Waals surface area contributed by atoms with E-state index in [1.165, 1.54) is 0 Å². The van der Waals surface area contributed by atoms with Gasteiger partial charge < -0.3 is 18.6 Å². The van der Waals surface area contributed by atoms with Gasteiger partial charge in [-0.3, -0.25) is 4.79 Å². The lowest BCUT2D eigenvalue weighted by atomic mass is 9.83. The quantitative estimate of drug-likeness (QED) is 0.430. The first kappa shape index (κ1) is 21.2. The van der Waals surface area contributed by atoms with E-state index in [0.717, 1.165) is 35.5 Å². The van der Waals surface area contributed by atoms with Gasteiger partial charge in [-0.1, -0.05) is 36.4 Å². The number of hydrogen-bond acceptors (Lipinski definition) is 6. The minimum absolute atomic E-state index is 0.0570. The van der Waals surface area contributed by atoms with Gasteiger partial charge in [-0.2, -0.15) is 10.2 Å². The molecule has 0 amide bonds. The normalized spacial score (nSPS) is 18.5. The zero-order valence-electron chi connectivity index (χ0n) is 19.1. The molecule has 2 aromatic heterocycles.